The molecule has 0 aliphatic rings. The van der Waals surface area contributed by atoms with Gasteiger partial charge in [0.15, 0.2) is 5.65 Å². The van der Waals surface area contributed by atoms with Gasteiger partial charge in [-0.15, -0.1) is 5.10 Å². The van der Waals surface area contributed by atoms with E-state index in [0.29, 0.717) is 11.4 Å². The first-order valence-electron chi connectivity index (χ1n) is 7.98. The first-order valence-corrected chi connectivity index (χ1v) is 7.98. The van der Waals surface area contributed by atoms with Crippen molar-refractivity contribution in [2.75, 3.05) is 0 Å². The van der Waals surface area contributed by atoms with Gasteiger partial charge >= 0.3 is 0 Å². The van der Waals surface area contributed by atoms with E-state index in [0.717, 1.165) is 4.68 Å². The minimum atomic E-state index is -0.499. The highest BCUT2D eigenvalue weighted by molar-refractivity contribution is 5.77. The summed E-state index contributed by atoms with van der Waals surface area (Å²) in [5.41, 5.74) is 0.259. The molecule has 1 N–H and O–H groups in total. The zero-order valence-corrected chi connectivity index (χ0v) is 13.9. The minimum absolute atomic E-state index is 0.202. The van der Waals surface area contributed by atoms with E-state index in [9.17, 15) is 14.0 Å². The van der Waals surface area contributed by atoms with Gasteiger partial charge in [0.2, 0.25) is 5.91 Å². The van der Waals surface area contributed by atoms with Gasteiger partial charge in [-0.1, -0.05) is 5.21 Å². The van der Waals surface area contributed by atoms with Crippen LogP contribution in [0, 0.1) is 5.82 Å². The SMILES string of the molecule is O=C(Cn1nnc2c(cnn2-c2ccc(F)cc2)c1=O)NCc1ccco1. The van der Waals surface area contributed by atoms with Crippen LogP contribution >= 0.6 is 0 Å². The van der Waals surface area contributed by atoms with Crippen LogP contribution < -0.4 is 10.9 Å². The summed E-state index contributed by atoms with van der Waals surface area (Å²) in [4.78, 5) is 24.6. The van der Waals surface area contributed by atoms with Gasteiger partial charge < -0.3 is 9.73 Å². The number of hydrogen-bond donors (Lipinski definition) is 1. The molecule has 27 heavy (non-hydrogen) atoms. The maximum atomic E-state index is 13.1. The Balaban J connectivity index is 1.56. The van der Waals surface area contributed by atoms with Gasteiger partial charge in [-0.25, -0.2) is 13.8 Å². The lowest BCUT2D eigenvalue weighted by Crippen LogP contribution is -2.33. The number of nitrogens with zero attached hydrogens (tertiary/aromatic N) is 5. The molecule has 0 saturated heterocycles. The Morgan fingerprint density at radius 2 is 2.04 bits per heavy atom. The van der Waals surface area contributed by atoms with Gasteiger partial charge in [-0.3, -0.25) is 9.59 Å². The van der Waals surface area contributed by atoms with Crippen molar-refractivity contribution in [3.8, 4) is 5.69 Å². The van der Waals surface area contributed by atoms with E-state index in [4.69, 9.17) is 4.42 Å². The monoisotopic (exact) mass is 368 g/mol. The van der Waals surface area contributed by atoms with Crippen LogP contribution in [-0.4, -0.2) is 30.7 Å². The molecule has 3 heterocycles. The van der Waals surface area contributed by atoms with Crippen molar-refractivity contribution < 1.29 is 13.6 Å². The number of amides is 1. The molecule has 9 nitrogen and oxygen atoms in total. The van der Waals surface area contributed by atoms with E-state index in [1.807, 2.05) is 0 Å². The number of halogens is 1. The van der Waals surface area contributed by atoms with Gasteiger partial charge in [-0.05, 0) is 36.4 Å². The quantitative estimate of drug-likeness (QED) is 0.564. The van der Waals surface area contributed by atoms with E-state index >= 15 is 0 Å². The molecule has 0 atom stereocenters. The van der Waals surface area contributed by atoms with Crippen LogP contribution in [0.2, 0.25) is 0 Å². The molecule has 0 bridgehead atoms. The molecule has 3 aromatic heterocycles. The van der Waals surface area contributed by atoms with Crippen LogP contribution in [-0.2, 0) is 17.9 Å². The first-order chi connectivity index (χ1) is 13.1. The summed E-state index contributed by atoms with van der Waals surface area (Å²) in [6, 6.07) is 9.02. The number of fused-ring (bicyclic) bond motifs is 1. The lowest BCUT2D eigenvalue weighted by atomic mass is 10.3. The number of benzene rings is 1. The van der Waals surface area contributed by atoms with Gasteiger partial charge in [0.25, 0.3) is 5.56 Å². The highest BCUT2D eigenvalue weighted by Gasteiger charge is 2.14. The lowest BCUT2D eigenvalue weighted by molar-refractivity contribution is -0.122. The molecule has 0 aliphatic heterocycles. The van der Waals surface area contributed by atoms with Gasteiger partial charge in [0.1, 0.15) is 23.5 Å². The molecule has 10 heteroatoms. The van der Waals surface area contributed by atoms with Crippen molar-refractivity contribution in [3.63, 3.8) is 0 Å². The first kappa shape index (κ1) is 16.6. The van der Waals surface area contributed by atoms with E-state index in [2.05, 4.69) is 20.7 Å². The highest BCUT2D eigenvalue weighted by Crippen LogP contribution is 2.13. The Morgan fingerprint density at radius 1 is 1.22 bits per heavy atom. The number of carbonyl (C=O) groups excluding carboxylic acids is 1. The second-order valence-corrected chi connectivity index (χ2v) is 5.68. The third kappa shape index (κ3) is 3.32. The zero-order valence-electron chi connectivity index (χ0n) is 13.9. The molecule has 0 aliphatic carbocycles. The van der Waals surface area contributed by atoms with Gasteiger partial charge in [0, 0.05) is 0 Å². The Kier molecular flexibility index (Phi) is 4.21. The van der Waals surface area contributed by atoms with Crippen molar-refractivity contribution in [3.05, 3.63) is 70.8 Å². The van der Waals surface area contributed by atoms with E-state index in [1.54, 1.807) is 12.1 Å². The second-order valence-electron chi connectivity index (χ2n) is 5.68. The van der Waals surface area contributed by atoms with E-state index in [-0.39, 0.29) is 29.9 Å². The normalized spacial score (nSPS) is 11.0. The zero-order chi connectivity index (χ0) is 18.8. The van der Waals surface area contributed by atoms with E-state index < -0.39 is 11.5 Å². The smallest absolute Gasteiger partial charge is 0.281 e. The Labute approximate surface area is 151 Å². The molecular formula is C17H13FN6O3. The van der Waals surface area contributed by atoms with Crippen LogP contribution in [0.4, 0.5) is 4.39 Å². The minimum Gasteiger partial charge on any atom is -0.467 e. The molecule has 0 fully saturated rings. The second kappa shape index (κ2) is 6.83. The molecule has 1 amide bonds. The summed E-state index contributed by atoms with van der Waals surface area (Å²) < 4.78 is 20.5. The van der Waals surface area contributed by atoms with Crippen molar-refractivity contribution in [1.82, 2.24) is 30.1 Å². The predicted molar refractivity (Wildman–Crippen MR) is 91.4 cm³/mol. The Hall–Kier alpha value is -3.82. The van der Waals surface area contributed by atoms with Gasteiger partial charge in [-0.2, -0.15) is 5.10 Å². The lowest BCUT2D eigenvalue weighted by Gasteiger charge is -2.05. The molecule has 0 saturated carbocycles. The molecule has 0 unspecified atom stereocenters. The fourth-order valence-electron chi connectivity index (χ4n) is 2.53. The number of furan rings is 1. The summed E-state index contributed by atoms with van der Waals surface area (Å²) in [6.07, 6.45) is 2.84. The topological polar surface area (TPSA) is 108 Å². The predicted octanol–water partition coefficient (Wildman–Crippen LogP) is 1.03. The molecule has 136 valence electrons. The Morgan fingerprint density at radius 3 is 2.78 bits per heavy atom. The highest BCUT2D eigenvalue weighted by atomic mass is 19.1. The van der Waals surface area contributed by atoms with Crippen molar-refractivity contribution >= 4 is 16.9 Å². The summed E-state index contributed by atoms with van der Waals surface area (Å²) in [5, 5.41) is 14.7. The third-order valence-electron chi connectivity index (χ3n) is 3.86. The van der Waals surface area contributed by atoms with Crippen LogP contribution in [0.25, 0.3) is 16.7 Å². The molecule has 1 aromatic carbocycles. The molecular weight excluding hydrogens is 355 g/mol. The van der Waals surface area contributed by atoms with Crippen LogP contribution in [0.1, 0.15) is 5.76 Å². The number of rotatable bonds is 5. The van der Waals surface area contributed by atoms with Crippen LogP contribution in [0.3, 0.4) is 0 Å². The van der Waals surface area contributed by atoms with Crippen LogP contribution in [0.15, 0.2) is 58.1 Å². The number of carbonyl (C=O) groups is 1. The number of nitrogens with one attached hydrogen (secondary N) is 1. The maximum absolute atomic E-state index is 13.1. The van der Waals surface area contributed by atoms with Crippen LogP contribution in [0.5, 0.6) is 0 Å². The summed E-state index contributed by atoms with van der Waals surface area (Å²) in [7, 11) is 0. The number of hydrogen-bond acceptors (Lipinski definition) is 6. The van der Waals surface area contributed by atoms with Crippen molar-refractivity contribution in [2.45, 2.75) is 13.1 Å². The number of aromatic nitrogens is 5. The molecule has 0 spiro atoms. The molecule has 4 rings (SSSR count). The average molecular weight is 368 g/mol. The van der Waals surface area contributed by atoms with Gasteiger partial charge in [0.05, 0.1) is 24.7 Å². The van der Waals surface area contributed by atoms with E-state index in [1.165, 1.54) is 41.4 Å². The maximum Gasteiger partial charge on any atom is 0.281 e. The largest absolute Gasteiger partial charge is 0.467 e. The fourth-order valence-corrected chi connectivity index (χ4v) is 2.53. The van der Waals surface area contributed by atoms with Crippen molar-refractivity contribution in [2.24, 2.45) is 0 Å². The standard InChI is InChI=1S/C17H13FN6O3/c18-11-3-5-12(6-4-11)24-16-14(9-20-24)17(26)23(22-21-16)10-15(25)19-8-13-2-1-7-27-13/h1-7,9H,8,10H2,(H,19,25). The summed E-state index contributed by atoms with van der Waals surface area (Å²) in [6.45, 7) is -0.0804. The third-order valence-corrected chi connectivity index (χ3v) is 3.86. The van der Waals surface area contributed by atoms with Crippen molar-refractivity contribution in [1.29, 1.82) is 0 Å². The average Bonchev–Trinajstić information content (AvgIpc) is 3.33. The Bertz CT molecular complexity index is 1150. The molecule has 0 radical (unpaired) electrons. The fraction of sp³-hybridized carbons (Fsp3) is 0.118. The molecule has 4 aromatic rings. The summed E-state index contributed by atoms with van der Waals surface area (Å²) in [5.74, 6) is -0.199. The summed E-state index contributed by atoms with van der Waals surface area (Å²) >= 11 is 0.